The number of carbonyl (C=O) groups excluding carboxylic acids is 2. The Hall–Kier alpha value is -0.860. The molecule has 0 aliphatic carbocycles. The predicted molar refractivity (Wildman–Crippen MR) is 88.8 cm³/mol. The second kappa shape index (κ2) is 10.9. The molecule has 0 heterocycles. The zero-order valence-corrected chi connectivity index (χ0v) is 15.6. The molecule has 0 saturated heterocycles. The fraction of sp³-hybridized carbons (Fsp3) is 0.882. The zero-order chi connectivity index (χ0) is 17.1. The maximum absolute atomic E-state index is 11.9. The molecular formula is C17H37NO2. The highest BCUT2D eigenvalue weighted by molar-refractivity contribution is 5.87. The summed E-state index contributed by atoms with van der Waals surface area (Å²) in [5, 5.41) is 2.95. The van der Waals surface area contributed by atoms with E-state index in [0.717, 1.165) is 0 Å². The lowest BCUT2D eigenvalue weighted by Gasteiger charge is -2.41. The van der Waals surface area contributed by atoms with Crippen LogP contribution in [0.1, 0.15) is 82.6 Å². The molecule has 0 rings (SSSR count). The smallest absolute Gasteiger partial charge is 0.222 e. The summed E-state index contributed by atoms with van der Waals surface area (Å²) in [6.07, 6.45) is 0.494. The van der Waals surface area contributed by atoms with Crippen molar-refractivity contribution in [2.24, 2.45) is 11.3 Å². The lowest BCUT2D eigenvalue weighted by molar-refractivity contribution is -0.134. The van der Waals surface area contributed by atoms with Gasteiger partial charge in [-0.1, -0.05) is 62.3 Å². The van der Waals surface area contributed by atoms with Gasteiger partial charge in [0.05, 0.1) is 0 Å². The second-order valence-electron chi connectivity index (χ2n) is 5.67. The number of nitrogens with one attached hydrogen (secondary N) is 1. The number of Topliss-reactive ketones (excluding diaryl/α,β-unsaturated/α-hetero) is 1. The molecule has 20 heavy (non-hydrogen) atoms. The number of hydrogen-bond acceptors (Lipinski definition) is 2. The number of hydrogen-bond donors (Lipinski definition) is 1. The Morgan fingerprint density at radius 3 is 1.55 bits per heavy atom. The SMILES string of the molecule is CC.CC.CCC(=O)C(C)(C)C(C)(C)NC(=O)C(C)C. The maximum atomic E-state index is 11.9. The molecule has 0 bridgehead atoms. The summed E-state index contributed by atoms with van der Waals surface area (Å²) in [7, 11) is 0. The van der Waals surface area contributed by atoms with E-state index >= 15 is 0 Å². The Morgan fingerprint density at radius 1 is 0.950 bits per heavy atom. The Labute approximate surface area is 126 Å². The third-order valence-corrected chi connectivity index (χ3v) is 3.54. The minimum absolute atomic E-state index is 0.0121. The molecule has 0 aromatic rings. The van der Waals surface area contributed by atoms with Gasteiger partial charge in [-0.15, -0.1) is 0 Å². The third-order valence-electron chi connectivity index (χ3n) is 3.54. The maximum Gasteiger partial charge on any atom is 0.222 e. The molecule has 0 radical (unpaired) electrons. The van der Waals surface area contributed by atoms with Gasteiger partial charge >= 0.3 is 0 Å². The molecule has 0 fully saturated rings. The topological polar surface area (TPSA) is 46.2 Å². The van der Waals surface area contributed by atoms with Crippen molar-refractivity contribution in [3.05, 3.63) is 0 Å². The molecular weight excluding hydrogens is 250 g/mol. The van der Waals surface area contributed by atoms with Gasteiger partial charge < -0.3 is 5.32 Å². The Kier molecular flexibility index (Phi) is 13.1. The second-order valence-corrected chi connectivity index (χ2v) is 5.67. The molecule has 122 valence electrons. The van der Waals surface area contributed by atoms with Crippen LogP contribution < -0.4 is 5.32 Å². The van der Waals surface area contributed by atoms with E-state index in [1.165, 1.54) is 0 Å². The van der Waals surface area contributed by atoms with Gasteiger partial charge in [-0.05, 0) is 13.8 Å². The Morgan fingerprint density at radius 2 is 1.30 bits per heavy atom. The standard InChI is InChI=1S/C13H25NO2.2C2H6/c1-8-10(15)12(4,5)13(6,7)14-11(16)9(2)3;2*1-2/h9H,8H2,1-7H3,(H,14,16);2*1-2H3. The van der Waals surface area contributed by atoms with Gasteiger partial charge in [0.1, 0.15) is 5.78 Å². The van der Waals surface area contributed by atoms with Crippen molar-refractivity contribution in [1.82, 2.24) is 5.32 Å². The molecule has 1 N–H and O–H groups in total. The van der Waals surface area contributed by atoms with Crippen molar-refractivity contribution < 1.29 is 9.59 Å². The summed E-state index contributed by atoms with van der Waals surface area (Å²) in [6, 6.07) is 0. The molecule has 0 unspecified atom stereocenters. The molecule has 0 aromatic carbocycles. The fourth-order valence-electron chi connectivity index (χ4n) is 1.40. The molecule has 0 aliphatic heterocycles. The zero-order valence-electron chi connectivity index (χ0n) is 15.6. The predicted octanol–water partition coefficient (Wildman–Crippen LogP) is 4.59. The van der Waals surface area contributed by atoms with E-state index in [9.17, 15) is 9.59 Å². The summed E-state index contributed by atoms with van der Waals surface area (Å²) < 4.78 is 0. The highest BCUT2D eigenvalue weighted by Crippen LogP contribution is 2.32. The van der Waals surface area contributed by atoms with E-state index < -0.39 is 11.0 Å². The van der Waals surface area contributed by atoms with Gasteiger partial charge in [0.2, 0.25) is 5.91 Å². The van der Waals surface area contributed by atoms with Crippen LogP contribution in [0, 0.1) is 11.3 Å². The van der Waals surface area contributed by atoms with Crippen molar-refractivity contribution in [2.45, 2.75) is 88.1 Å². The van der Waals surface area contributed by atoms with E-state index in [2.05, 4.69) is 5.32 Å². The summed E-state index contributed by atoms with van der Waals surface area (Å²) in [5.74, 6) is 0.0929. The Bertz CT molecular complexity index is 279. The van der Waals surface area contributed by atoms with E-state index in [-0.39, 0.29) is 17.6 Å². The summed E-state index contributed by atoms with van der Waals surface area (Å²) in [4.78, 5) is 23.6. The highest BCUT2D eigenvalue weighted by Gasteiger charge is 2.43. The van der Waals surface area contributed by atoms with Crippen LogP contribution in [0.2, 0.25) is 0 Å². The number of amides is 1. The monoisotopic (exact) mass is 287 g/mol. The van der Waals surface area contributed by atoms with Crippen LogP contribution >= 0.6 is 0 Å². The van der Waals surface area contributed by atoms with E-state index in [1.54, 1.807) is 0 Å². The molecule has 0 saturated carbocycles. The average molecular weight is 287 g/mol. The van der Waals surface area contributed by atoms with Crippen LogP contribution in [0.5, 0.6) is 0 Å². The summed E-state index contributed by atoms with van der Waals surface area (Å²) >= 11 is 0. The van der Waals surface area contributed by atoms with Crippen LogP contribution in [0.3, 0.4) is 0 Å². The van der Waals surface area contributed by atoms with Crippen LogP contribution in [0.15, 0.2) is 0 Å². The van der Waals surface area contributed by atoms with Gasteiger partial charge in [-0.2, -0.15) is 0 Å². The van der Waals surface area contributed by atoms with E-state index in [4.69, 9.17) is 0 Å². The largest absolute Gasteiger partial charge is 0.350 e. The molecule has 0 spiro atoms. The van der Waals surface area contributed by atoms with E-state index in [0.29, 0.717) is 6.42 Å². The van der Waals surface area contributed by atoms with Crippen LogP contribution in [-0.2, 0) is 9.59 Å². The molecule has 0 aliphatic rings. The molecule has 1 amide bonds. The summed E-state index contributed by atoms with van der Waals surface area (Å²) in [5.41, 5.74) is -1.08. The van der Waals surface area contributed by atoms with Crippen LogP contribution in [0.25, 0.3) is 0 Å². The molecule has 0 aromatic heterocycles. The van der Waals surface area contributed by atoms with Gasteiger partial charge in [0.15, 0.2) is 0 Å². The van der Waals surface area contributed by atoms with Gasteiger partial charge in [-0.3, -0.25) is 9.59 Å². The number of rotatable bonds is 5. The molecule has 3 nitrogen and oxygen atoms in total. The highest BCUT2D eigenvalue weighted by atomic mass is 16.2. The lowest BCUT2D eigenvalue weighted by Crippen LogP contribution is -2.57. The van der Waals surface area contributed by atoms with Gasteiger partial charge in [0, 0.05) is 23.3 Å². The van der Waals surface area contributed by atoms with Gasteiger partial charge in [-0.25, -0.2) is 0 Å². The third kappa shape index (κ3) is 7.06. The first-order chi connectivity index (χ1) is 9.06. The van der Waals surface area contributed by atoms with Crippen molar-refractivity contribution in [1.29, 1.82) is 0 Å². The van der Waals surface area contributed by atoms with Crippen molar-refractivity contribution in [3.63, 3.8) is 0 Å². The minimum atomic E-state index is -0.549. The van der Waals surface area contributed by atoms with Crippen molar-refractivity contribution >= 4 is 11.7 Å². The number of ketones is 1. The van der Waals surface area contributed by atoms with Crippen molar-refractivity contribution in [3.8, 4) is 0 Å². The Balaban J connectivity index is -0.000000656. The minimum Gasteiger partial charge on any atom is -0.350 e. The first kappa shape index (κ1) is 24.2. The summed E-state index contributed by atoms with van der Waals surface area (Å²) in [6.45, 7) is 21.1. The first-order valence-corrected chi connectivity index (χ1v) is 7.91. The van der Waals surface area contributed by atoms with Crippen molar-refractivity contribution in [2.75, 3.05) is 0 Å². The van der Waals surface area contributed by atoms with Gasteiger partial charge in [0.25, 0.3) is 0 Å². The molecule has 3 heteroatoms. The van der Waals surface area contributed by atoms with Crippen LogP contribution in [-0.4, -0.2) is 17.2 Å². The fourth-order valence-corrected chi connectivity index (χ4v) is 1.40. The first-order valence-electron chi connectivity index (χ1n) is 7.91. The average Bonchev–Trinajstić information content (AvgIpc) is 2.41. The van der Waals surface area contributed by atoms with E-state index in [1.807, 2.05) is 76.2 Å². The quantitative estimate of drug-likeness (QED) is 0.803. The number of carbonyl (C=O) groups is 2. The molecule has 0 atom stereocenters. The normalized spacial score (nSPS) is 10.8. The lowest BCUT2D eigenvalue weighted by atomic mass is 9.70. The van der Waals surface area contributed by atoms with Crippen LogP contribution in [0.4, 0.5) is 0 Å².